The Balaban J connectivity index is 0.993. The van der Waals surface area contributed by atoms with Crippen molar-refractivity contribution < 1.29 is 0 Å². The number of rotatable bonds is 8. The van der Waals surface area contributed by atoms with Gasteiger partial charge in [-0.2, -0.15) is 0 Å². The maximum atomic E-state index is 5.20. The quantitative estimate of drug-likeness (QED) is 0.150. The molecule has 286 valence electrons. The van der Waals surface area contributed by atoms with E-state index in [1.807, 2.05) is 6.07 Å². The van der Waals surface area contributed by atoms with Crippen molar-refractivity contribution in [3.8, 4) is 83.8 Å². The Morgan fingerprint density at radius 3 is 0.984 bits per heavy atom. The van der Waals surface area contributed by atoms with Crippen molar-refractivity contribution in [2.75, 3.05) is 0 Å². The first-order chi connectivity index (χ1) is 30.2. The summed E-state index contributed by atoms with van der Waals surface area (Å²) in [4.78, 5) is 5.20. The molecule has 0 fully saturated rings. The number of hydrogen-bond donors (Lipinski definition) is 0. The first-order valence-electron chi connectivity index (χ1n) is 20.9. The van der Waals surface area contributed by atoms with E-state index in [9.17, 15) is 0 Å². The van der Waals surface area contributed by atoms with Gasteiger partial charge in [0.2, 0.25) is 0 Å². The molecule has 0 bridgehead atoms. The molecule has 0 saturated carbocycles. The van der Waals surface area contributed by atoms with Crippen molar-refractivity contribution in [1.82, 2.24) is 9.55 Å². The third kappa shape index (κ3) is 7.01. The van der Waals surface area contributed by atoms with E-state index in [0.717, 1.165) is 44.9 Å². The first kappa shape index (κ1) is 36.0. The van der Waals surface area contributed by atoms with Crippen molar-refractivity contribution in [3.05, 3.63) is 243 Å². The Morgan fingerprint density at radius 2 is 0.525 bits per heavy atom. The van der Waals surface area contributed by atoms with Crippen LogP contribution in [-0.2, 0) is 0 Å². The van der Waals surface area contributed by atoms with Crippen molar-refractivity contribution in [2.24, 2.45) is 0 Å². The SMILES string of the molecule is c1ccc(-c2ccc(-c3cc(-c4ccc(-c5cc(-c6ccccc6)cc(-c6ccccc6)n5)cc4)cc(-c4ccc(-n5c6ccccc6c6ccccc65)cc4)c3)cc2)cc1. The Hall–Kier alpha value is -8.07. The first-order valence-corrected chi connectivity index (χ1v) is 20.9. The average molecular weight is 777 g/mol. The summed E-state index contributed by atoms with van der Waals surface area (Å²) in [6.07, 6.45) is 0. The second-order valence-electron chi connectivity index (χ2n) is 15.6. The second-order valence-corrected chi connectivity index (χ2v) is 15.6. The minimum Gasteiger partial charge on any atom is -0.309 e. The molecule has 11 aromatic rings. The molecule has 9 aromatic carbocycles. The molecule has 0 unspecified atom stereocenters. The van der Waals surface area contributed by atoms with Crippen LogP contribution in [0, 0.1) is 0 Å². The van der Waals surface area contributed by atoms with E-state index in [4.69, 9.17) is 4.98 Å². The highest BCUT2D eigenvalue weighted by molar-refractivity contribution is 6.09. The molecule has 2 nitrogen and oxygen atoms in total. The number of nitrogens with zero attached hydrogens (tertiary/aromatic N) is 2. The van der Waals surface area contributed by atoms with Crippen LogP contribution in [0.1, 0.15) is 0 Å². The van der Waals surface area contributed by atoms with Crippen LogP contribution in [0.15, 0.2) is 243 Å². The molecule has 0 aliphatic rings. The zero-order valence-corrected chi connectivity index (χ0v) is 33.5. The third-order valence-corrected chi connectivity index (χ3v) is 11.8. The smallest absolute Gasteiger partial charge is 0.0715 e. The van der Waals surface area contributed by atoms with Crippen LogP contribution in [-0.4, -0.2) is 9.55 Å². The molecule has 2 heteroatoms. The van der Waals surface area contributed by atoms with Crippen LogP contribution in [0.25, 0.3) is 106 Å². The lowest BCUT2D eigenvalue weighted by Crippen LogP contribution is -1.94. The number of pyridine rings is 1. The van der Waals surface area contributed by atoms with Gasteiger partial charge in [0, 0.05) is 27.6 Å². The van der Waals surface area contributed by atoms with Gasteiger partial charge < -0.3 is 4.57 Å². The van der Waals surface area contributed by atoms with Gasteiger partial charge in [0.15, 0.2) is 0 Å². The fourth-order valence-electron chi connectivity index (χ4n) is 8.68. The summed E-state index contributed by atoms with van der Waals surface area (Å²) < 4.78 is 2.37. The normalized spacial score (nSPS) is 11.3. The number of para-hydroxylation sites is 2. The molecule has 0 aliphatic heterocycles. The van der Waals surface area contributed by atoms with Gasteiger partial charge in [-0.05, 0) is 110 Å². The maximum absolute atomic E-state index is 5.20. The van der Waals surface area contributed by atoms with Crippen LogP contribution >= 0.6 is 0 Å². The van der Waals surface area contributed by atoms with Crippen molar-refractivity contribution in [3.63, 3.8) is 0 Å². The van der Waals surface area contributed by atoms with E-state index in [0.29, 0.717) is 0 Å². The highest BCUT2D eigenvalue weighted by Crippen LogP contribution is 2.37. The summed E-state index contributed by atoms with van der Waals surface area (Å²) in [7, 11) is 0. The lowest BCUT2D eigenvalue weighted by atomic mass is 9.92. The van der Waals surface area contributed by atoms with Crippen LogP contribution < -0.4 is 0 Å². The van der Waals surface area contributed by atoms with Crippen LogP contribution in [0.4, 0.5) is 0 Å². The summed E-state index contributed by atoms with van der Waals surface area (Å²) in [5, 5.41) is 2.53. The van der Waals surface area contributed by atoms with E-state index in [2.05, 4.69) is 241 Å². The highest BCUT2D eigenvalue weighted by Gasteiger charge is 2.14. The molecule has 0 atom stereocenters. The van der Waals surface area contributed by atoms with Crippen molar-refractivity contribution in [1.29, 1.82) is 0 Å². The summed E-state index contributed by atoms with van der Waals surface area (Å²) in [6, 6.07) is 87.2. The van der Waals surface area contributed by atoms with Gasteiger partial charge in [0.05, 0.1) is 22.4 Å². The molecule has 2 aromatic heterocycles. The van der Waals surface area contributed by atoms with Gasteiger partial charge in [-0.25, -0.2) is 4.98 Å². The molecular formula is C59H40N2. The molecule has 61 heavy (non-hydrogen) atoms. The second kappa shape index (κ2) is 15.6. The van der Waals surface area contributed by atoms with E-state index in [1.165, 1.54) is 60.8 Å². The Bertz CT molecular complexity index is 3180. The maximum Gasteiger partial charge on any atom is 0.0715 e. The van der Waals surface area contributed by atoms with Crippen LogP contribution in [0.3, 0.4) is 0 Å². The fraction of sp³-hybridized carbons (Fsp3) is 0. The van der Waals surface area contributed by atoms with Gasteiger partial charge in [0.1, 0.15) is 0 Å². The molecule has 0 N–H and O–H groups in total. The van der Waals surface area contributed by atoms with E-state index >= 15 is 0 Å². The lowest BCUT2D eigenvalue weighted by Gasteiger charge is -2.14. The largest absolute Gasteiger partial charge is 0.309 e. The van der Waals surface area contributed by atoms with Crippen molar-refractivity contribution in [2.45, 2.75) is 0 Å². The van der Waals surface area contributed by atoms with Gasteiger partial charge in [0.25, 0.3) is 0 Å². The molecule has 2 heterocycles. The predicted molar refractivity (Wildman–Crippen MR) is 257 cm³/mol. The van der Waals surface area contributed by atoms with E-state index in [-0.39, 0.29) is 0 Å². The molecule has 11 rings (SSSR count). The molecule has 0 radical (unpaired) electrons. The van der Waals surface area contributed by atoms with E-state index < -0.39 is 0 Å². The summed E-state index contributed by atoms with van der Waals surface area (Å²) in [6.45, 7) is 0. The van der Waals surface area contributed by atoms with Crippen LogP contribution in [0.2, 0.25) is 0 Å². The molecule has 0 spiro atoms. The van der Waals surface area contributed by atoms with Gasteiger partial charge in [-0.3, -0.25) is 0 Å². The number of benzene rings is 9. The van der Waals surface area contributed by atoms with Gasteiger partial charge >= 0.3 is 0 Å². The number of hydrogen-bond acceptors (Lipinski definition) is 1. The van der Waals surface area contributed by atoms with Crippen LogP contribution in [0.5, 0.6) is 0 Å². The molecule has 0 aliphatic carbocycles. The van der Waals surface area contributed by atoms with Gasteiger partial charge in [-0.1, -0.05) is 188 Å². The zero-order valence-electron chi connectivity index (χ0n) is 33.5. The lowest BCUT2D eigenvalue weighted by molar-refractivity contribution is 1.18. The Morgan fingerprint density at radius 1 is 0.230 bits per heavy atom. The predicted octanol–water partition coefficient (Wildman–Crippen LogP) is 15.8. The third-order valence-electron chi connectivity index (χ3n) is 11.8. The standard InChI is InChI=1S/C59H40N2/c1-4-14-41(15-5-1)43-24-26-44(27-25-43)49-36-50(38-51(37-49)46-32-34-53(35-33-46)61-58-22-12-10-20-54(58)55-21-11-13-23-59(55)61)45-28-30-48(31-29-45)57-40-52(42-16-6-2-7-17-42)39-56(60-57)47-18-8-3-9-19-47/h1-40H. The summed E-state index contributed by atoms with van der Waals surface area (Å²) in [5.74, 6) is 0. The topological polar surface area (TPSA) is 17.8 Å². The fourth-order valence-corrected chi connectivity index (χ4v) is 8.68. The molecular weight excluding hydrogens is 737 g/mol. The molecule has 0 saturated heterocycles. The summed E-state index contributed by atoms with van der Waals surface area (Å²) in [5.41, 5.74) is 19.4. The average Bonchev–Trinajstić information content (AvgIpc) is 3.69. The highest BCUT2D eigenvalue weighted by atomic mass is 15.0. The summed E-state index contributed by atoms with van der Waals surface area (Å²) >= 11 is 0. The van der Waals surface area contributed by atoms with E-state index in [1.54, 1.807) is 0 Å². The van der Waals surface area contributed by atoms with Crippen molar-refractivity contribution >= 4 is 21.8 Å². The number of fused-ring (bicyclic) bond motifs is 3. The monoisotopic (exact) mass is 776 g/mol. The minimum absolute atomic E-state index is 0.947. The molecule has 0 amide bonds. The zero-order chi connectivity index (χ0) is 40.5. The Labute approximate surface area is 356 Å². The van der Waals surface area contributed by atoms with Gasteiger partial charge in [-0.15, -0.1) is 0 Å². The minimum atomic E-state index is 0.947. The number of aromatic nitrogens is 2. The Kier molecular flexibility index (Phi) is 9.22.